The Hall–Kier alpha value is -1.57. The predicted molar refractivity (Wildman–Crippen MR) is 87.3 cm³/mol. The maximum atomic E-state index is 12.3. The van der Waals surface area contributed by atoms with Gasteiger partial charge in [0.2, 0.25) is 0 Å². The topological polar surface area (TPSA) is 51.0 Å². The molecule has 108 valence electrons. The second-order valence-corrected chi connectivity index (χ2v) is 7.32. The van der Waals surface area contributed by atoms with Crippen molar-refractivity contribution in [1.29, 1.82) is 0 Å². The molecule has 2 heterocycles. The van der Waals surface area contributed by atoms with E-state index in [0.717, 1.165) is 10.3 Å². The molecule has 0 bridgehead atoms. The molecule has 0 amide bonds. The third-order valence-corrected chi connectivity index (χ3v) is 4.67. The number of hydrogen-bond acceptors (Lipinski definition) is 5. The fraction of sp³-hybridized carbons (Fsp3) is 0.214. The molecule has 7 heteroatoms. The van der Waals surface area contributed by atoms with Crippen LogP contribution in [0.2, 0.25) is 0 Å². The molecule has 5 nitrogen and oxygen atoms in total. The smallest absolute Gasteiger partial charge is 0.278 e. The highest BCUT2D eigenvalue weighted by Crippen LogP contribution is 2.22. The van der Waals surface area contributed by atoms with E-state index in [1.165, 1.54) is 9.56 Å². The van der Waals surface area contributed by atoms with Gasteiger partial charge in [-0.25, -0.2) is 0 Å². The molecule has 2 aromatic heterocycles. The summed E-state index contributed by atoms with van der Waals surface area (Å²) in [6, 6.07) is 11.3. The second kappa shape index (κ2) is 6.05. The van der Waals surface area contributed by atoms with Crippen LogP contribution in [0.3, 0.4) is 0 Å². The fourth-order valence-corrected chi connectivity index (χ4v) is 3.66. The Morgan fingerprint density at radius 2 is 2.10 bits per heavy atom. The minimum atomic E-state index is -0.111. The van der Waals surface area contributed by atoms with Crippen LogP contribution in [0.5, 0.6) is 0 Å². The van der Waals surface area contributed by atoms with Gasteiger partial charge in [0.1, 0.15) is 5.52 Å². The molecule has 0 unspecified atom stereocenters. The van der Waals surface area contributed by atoms with Gasteiger partial charge in [0.25, 0.3) is 5.56 Å². The number of hydrogen-bond donors (Lipinski definition) is 0. The van der Waals surface area contributed by atoms with E-state index in [1.807, 2.05) is 30.1 Å². The van der Waals surface area contributed by atoms with Crippen LogP contribution in [0.1, 0.15) is 4.88 Å². The Balaban J connectivity index is 1.81. The van der Waals surface area contributed by atoms with Crippen LogP contribution in [0, 0.1) is 0 Å². The molecular formula is C14H13BrN4OS. The van der Waals surface area contributed by atoms with Crippen molar-refractivity contribution in [2.45, 2.75) is 13.2 Å². The zero-order valence-corrected chi connectivity index (χ0v) is 13.8. The van der Waals surface area contributed by atoms with E-state index in [9.17, 15) is 4.79 Å². The molecule has 0 atom stereocenters. The summed E-state index contributed by atoms with van der Waals surface area (Å²) in [5.74, 6) is 0. The minimum Gasteiger partial charge on any atom is -0.282 e. The SMILES string of the molecule is CN(Cc1ccc(Br)s1)Cn1nnc2ccccc2c1=O. The summed E-state index contributed by atoms with van der Waals surface area (Å²) in [5, 5.41) is 8.68. The van der Waals surface area contributed by atoms with Gasteiger partial charge in [0.15, 0.2) is 0 Å². The number of fused-ring (bicyclic) bond motifs is 1. The molecule has 0 fully saturated rings. The Bertz CT molecular complexity index is 829. The molecule has 3 aromatic rings. The number of nitrogens with zero attached hydrogens (tertiary/aromatic N) is 4. The largest absolute Gasteiger partial charge is 0.282 e. The van der Waals surface area contributed by atoms with Crippen molar-refractivity contribution in [3.8, 4) is 0 Å². The van der Waals surface area contributed by atoms with E-state index in [0.29, 0.717) is 17.6 Å². The van der Waals surface area contributed by atoms with Crippen molar-refractivity contribution in [2.75, 3.05) is 7.05 Å². The van der Waals surface area contributed by atoms with Crippen LogP contribution in [-0.4, -0.2) is 26.9 Å². The van der Waals surface area contributed by atoms with Gasteiger partial charge >= 0.3 is 0 Å². The minimum absolute atomic E-state index is 0.111. The average Bonchev–Trinajstić information content (AvgIpc) is 2.87. The van der Waals surface area contributed by atoms with Crippen LogP contribution in [0.25, 0.3) is 10.9 Å². The van der Waals surface area contributed by atoms with Gasteiger partial charge in [-0.05, 0) is 47.2 Å². The molecule has 0 radical (unpaired) electrons. The summed E-state index contributed by atoms with van der Waals surface area (Å²) in [6.45, 7) is 1.17. The molecular weight excluding hydrogens is 352 g/mol. The third kappa shape index (κ3) is 3.20. The Labute approximate surface area is 134 Å². The van der Waals surface area contributed by atoms with Crippen molar-refractivity contribution < 1.29 is 0 Å². The highest BCUT2D eigenvalue weighted by Gasteiger charge is 2.08. The van der Waals surface area contributed by atoms with E-state index in [-0.39, 0.29) is 5.56 Å². The van der Waals surface area contributed by atoms with Crippen LogP contribution in [0.4, 0.5) is 0 Å². The monoisotopic (exact) mass is 364 g/mol. The molecule has 0 spiro atoms. The highest BCUT2D eigenvalue weighted by atomic mass is 79.9. The standard InChI is InChI=1S/C14H13BrN4OS/c1-18(8-10-6-7-13(15)21-10)9-19-14(20)11-4-2-3-5-12(11)16-17-19/h2-7H,8-9H2,1H3. The van der Waals surface area contributed by atoms with Crippen LogP contribution < -0.4 is 5.56 Å². The summed E-state index contributed by atoms with van der Waals surface area (Å²) in [7, 11) is 1.96. The molecule has 0 N–H and O–H groups in total. The van der Waals surface area contributed by atoms with Gasteiger partial charge in [-0.15, -0.1) is 16.4 Å². The van der Waals surface area contributed by atoms with Crippen molar-refractivity contribution in [3.63, 3.8) is 0 Å². The second-order valence-electron chi connectivity index (χ2n) is 4.77. The van der Waals surface area contributed by atoms with Crippen LogP contribution >= 0.6 is 27.3 Å². The molecule has 0 aliphatic rings. The van der Waals surface area contributed by atoms with Gasteiger partial charge in [-0.3, -0.25) is 9.69 Å². The first kappa shape index (κ1) is 14.4. The molecule has 0 aliphatic heterocycles. The number of benzene rings is 1. The zero-order valence-electron chi connectivity index (χ0n) is 11.4. The van der Waals surface area contributed by atoms with Gasteiger partial charge in [-0.2, -0.15) is 4.68 Å². The first-order valence-corrected chi connectivity index (χ1v) is 8.00. The van der Waals surface area contributed by atoms with E-state index in [1.54, 1.807) is 23.5 Å². The summed E-state index contributed by atoms with van der Waals surface area (Å²) in [6.07, 6.45) is 0. The quantitative estimate of drug-likeness (QED) is 0.714. The summed E-state index contributed by atoms with van der Waals surface area (Å²) in [4.78, 5) is 15.6. The van der Waals surface area contributed by atoms with Crippen molar-refractivity contribution in [2.24, 2.45) is 0 Å². The Morgan fingerprint density at radius 1 is 1.29 bits per heavy atom. The molecule has 0 aliphatic carbocycles. The highest BCUT2D eigenvalue weighted by molar-refractivity contribution is 9.11. The molecule has 3 rings (SSSR count). The Kier molecular flexibility index (Phi) is 4.14. The molecule has 21 heavy (non-hydrogen) atoms. The van der Waals surface area contributed by atoms with Gasteiger partial charge in [-0.1, -0.05) is 17.3 Å². The summed E-state index contributed by atoms with van der Waals surface area (Å²) >= 11 is 5.14. The Morgan fingerprint density at radius 3 is 2.86 bits per heavy atom. The maximum absolute atomic E-state index is 12.3. The fourth-order valence-electron chi connectivity index (χ4n) is 2.10. The van der Waals surface area contributed by atoms with Crippen LogP contribution in [0.15, 0.2) is 45.0 Å². The number of halogens is 1. The summed E-state index contributed by atoms with van der Waals surface area (Å²) in [5.41, 5.74) is 0.517. The maximum Gasteiger partial charge on any atom is 0.278 e. The van der Waals surface area contributed by atoms with Crippen molar-refractivity contribution in [1.82, 2.24) is 19.9 Å². The lowest BCUT2D eigenvalue weighted by molar-refractivity contribution is 0.238. The van der Waals surface area contributed by atoms with E-state index >= 15 is 0 Å². The van der Waals surface area contributed by atoms with Gasteiger partial charge in [0.05, 0.1) is 15.8 Å². The first-order valence-electron chi connectivity index (χ1n) is 6.39. The van der Waals surface area contributed by atoms with Gasteiger partial charge < -0.3 is 0 Å². The first-order chi connectivity index (χ1) is 10.1. The zero-order chi connectivity index (χ0) is 14.8. The lowest BCUT2D eigenvalue weighted by Crippen LogP contribution is -2.32. The lowest BCUT2D eigenvalue weighted by Gasteiger charge is -2.15. The lowest BCUT2D eigenvalue weighted by atomic mass is 10.2. The molecule has 1 aromatic carbocycles. The van der Waals surface area contributed by atoms with E-state index in [4.69, 9.17) is 0 Å². The van der Waals surface area contributed by atoms with Crippen molar-refractivity contribution in [3.05, 3.63) is 55.4 Å². The third-order valence-electron chi connectivity index (χ3n) is 3.06. The summed E-state index contributed by atoms with van der Waals surface area (Å²) < 4.78 is 2.50. The molecule has 0 saturated heterocycles. The van der Waals surface area contributed by atoms with Crippen LogP contribution in [-0.2, 0) is 13.2 Å². The number of rotatable bonds is 4. The molecule has 0 saturated carbocycles. The normalized spacial score (nSPS) is 11.4. The number of aromatic nitrogens is 3. The average molecular weight is 365 g/mol. The van der Waals surface area contributed by atoms with E-state index < -0.39 is 0 Å². The van der Waals surface area contributed by atoms with E-state index in [2.05, 4.69) is 32.3 Å². The number of thiophene rings is 1. The van der Waals surface area contributed by atoms with Gasteiger partial charge in [0, 0.05) is 11.4 Å². The van der Waals surface area contributed by atoms with Crippen molar-refractivity contribution >= 4 is 38.2 Å². The predicted octanol–water partition coefficient (Wildman–Crippen LogP) is 2.71.